The summed E-state index contributed by atoms with van der Waals surface area (Å²) < 4.78 is 18.7. The van der Waals surface area contributed by atoms with Crippen LogP contribution in [0, 0.1) is 11.2 Å². The summed E-state index contributed by atoms with van der Waals surface area (Å²) in [6.07, 6.45) is 2.82. The summed E-state index contributed by atoms with van der Waals surface area (Å²) in [6, 6.07) is 6.31. The van der Waals surface area contributed by atoms with Gasteiger partial charge in [0.05, 0.1) is 0 Å². The molecule has 2 aliphatic heterocycles. The maximum absolute atomic E-state index is 12.8. The molecule has 3 rings (SSSR count). The van der Waals surface area contributed by atoms with Crippen LogP contribution in [0.4, 0.5) is 4.39 Å². The van der Waals surface area contributed by atoms with Crippen LogP contribution in [0.3, 0.4) is 0 Å². The molecule has 0 aliphatic carbocycles. The van der Waals surface area contributed by atoms with Gasteiger partial charge in [-0.2, -0.15) is 0 Å². The van der Waals surface area contributed by atoms with Crippen molar-refractivity contribution < 1.29 is 9.13 Å². The summed E-state index contributed by atoms with van der Waals surface area (Å²) in [5.41, 5.74) is 0.452. The largest absolute Gasteiger partial charge is 0.488 e. The quantitative estimate of drug-likeness (QED) is 0.848. The third kappa shape index (κ3) is 3.74. The summed E-state index contributed by atoms with van der Waals surface area (Å²) in [5, 5.41) is 0. The second-order valence-electron chi connectivity index (χ2n) is 7.00. The summed E-state index contributed by atoms with van der Waals surface area (Å²) in [5.74, 6) is 0.555. The molecule has 0 aromatic heterocycles. The van der Waals surface area contributed by atoms with Crippen molar-refractivity contribution in [1.29, 1.82) is 0 Å². The molecule has 2 saturated heterocycles. The first-order chi connectivity index (χ1) is 10.0. The minimum atomic E-state index is -0.215. The van der Waals surface area contributed by atoms with Gasteiger partial charge in [-0.25, -0.2) is 4.39 Å². The smallest absolute Gasteiger partial charge is 0.124 e. The van der Waals surface area contributed by atoms with Crippen molar-refractivity contribution in [3.8, 4) is 5.75 Å². The van der Waals surface area contributed by atoms with Crippen LogP contribution in [0.25, 0.3) is 0 Å². The van der Waals surface area contributed by atoms with Crippen LogP contribution < -0.4 is 4.74 Å². The van der Waals surface area contributed by atoms with E-state index in [0.717, 1.165) is 18.8 Å². The van der Waals surface area contributed by atoms with Crippen molar-refractivity contribution in [2.75, 3.05) is 39.8 Å². The molecule has 1 aromatic carbocycles. The highest BCUT2D eigenvalue weighted by molar-refractivity contribution is 5.22. The molecular weight excluding hydrogens is 267 g/mol. The summed E-state index contributed by atoms with van der Waals surface area (Å²) in [7, 11) is 2.20. The van der Waals surface area contributed by atoms with Crippen molar-refractivity contribution in [2.45, 2.75) is 25.9 Å². The number of hydrogen-bond acceptors (Lipinski definition) is 3. The van der Waals surface area contributed by atoms with Crippen LogP contribution in [0.1, 0.15) is 19.8 Å². The van der Waals surface area contributed by atoms with Gasteiger partial charge in [0.2, 0.25) is 0 Å². The van der Waals surface area contributed by atoms with Crippen molar-refractivity contribution in [3.63, 3.8) is 0 Å². The number of halogens is 1. The lowest BCUT2D eigenvalue weighted by atomic mass is 9.79. The normalized spacial score (nSPS) is 23.8. The number of piperidine rings is 1. The van der Waals surface area contributed by atoms with E-state index < -0.39 is 0 Å². The molecule has 0 saturated carbocycles. The van der Waals surface area contributed by atoms with Gasteiger partial charge in [0, 0.05) is 19.6 Å². The molecule has 2 heterocycles. The number of nitrogens with zero attached hydrogens (tertiary/aromatic N) is 2. The van der Waals surface area contributed by atoms with Crippen molar-refractivity contribution in [3.05, 3.63) is 30.1 Å². The summed E-state index contributed by atoms with van der Waals surface area (Å²) >= 11 is 0. The van der Waals surface area contributed by atoms with Crippen LogP contribution in [-0.4, -0.2) is 55.7 Å². The molecule has 0 atom stereocenters. The number of ether oxygens (including phenoxy) is 1. The molecule has 21 heavy (non-hydrogen) atoms. The van der Waals surface area contributed by atoms with E-state index in [0.29, 0.717) is 5.41 Å². The molecule has 4 heteroatoms. The van der Waals surface area contributed by atoms with Gasteiger partial charge in [0.1, 0.15) is 17.7 Å². The summed E-state index contributed by atoms with van der Waals surface area (Å²) in [4.78, 5) is 4.90. The zero-order valence-electron chi connectivity index (χ0n) is 13.0. The molecule has 0 unspecified atom stereocenters. The Morgan fingerprint density at radius 2 is 1.81 bits per heavy atom. The zero-order valence-corrected chi connectivity index (χ0v) is 13.0. The maximum Gasteiger partial charge on any atom is 0.124 e. The predicted octanol–water partition coefficient (Wildman–Crippen LogP) is 2.62. The Kier molecular flexibility index (Phi) is 4.18. The molecule has 116 valence electrons. The molecule has 3 nitrogen and oxygen atoms in total. The molecular formula is C17H25FN2O. The Labute approximate surface area is 126 Å². The van der Waals surface area contributed by atoms with Crippen LogP contribution in [0.15, 0.2) is 24.3 Å². The highest BCUT2D eigenvalue weighted by Gasteiger charge is 2.36. The molecule has 0 spiro atoms. The molecule has 0 bridgehead atoms. The monoisotopic (exact) mass is 292 g/mol. The molecule has 2 fully saturated rings. The Morgan fingerprint density at radius 3 is 2.43 bits per heavy atom. The van der Waals surface area contributed by atoms with E-state index in [2.05, 4.69) is 23.8 Å². The lowest BCUT2D eigenvalue weighted by Gasteiger charge is -2.46. The fraction of sp³-hybridized carbons (Fsp3) is 0.647. The van der Waals surface area contributed by atoms with Gasteiger partial charge < -0.3 is 9.64 Å². The van der Waals surface area contributed by atoms with E-state index in [1.165, 1.54) is 44.6 Å². The predicted molar refractivity (Wildman–Crippen MR) is 82.1 cm³/mol. The molecule has 2 aliphatic rings. The first-order valence-electron chi connectivity index (χ1n) is 7.86. The van der Waals surface area contributed by atoms with Gasteiger partial charge in [-0.1, -0.05) is 6.92 Å². The van der Waals surface area contributed by atoms with E-state index in [9.17, 15) is 4.39 Å². The third-order valence-electron chi connectivity index (χ3n) is 4.84. The number of likely N-dealkylation sites (tertiary alicyclic amines) is 2. The van der Waals surface area contributed by atoms with E-state index in [1.54, 1.807) is 12.1 Å². The Hall–Kier alpha value is -1.13. The Balaban J connectivity index is 1.42. The minimum absolute atomic E-state index is 0.215. The van der Waals surface area contributed by atoms with E-state index in [1.807, 2.05) is 0 Å². The van der Waals surface area contributed by atoms with E-state index in [4.69, 9.17) is 4.74 Å². The standard InChI is InChI=1S/C17H25FN2O/c1-17(7-9-19(2)10-8-17)13-20-11-16(12-20)21-15-5-3-14(18)4-6-15/h3-6,16H,7-13H2,1-2H3. The first-order valence-corrected chi connectivity index (χ1v) is 7.86. The van der Waals surface area contributed by atoms with Gasteiger partial charge in [0.15, 0.2) is 0 Å². The first kappa shape index (κ1) is 14.8. The van der Waals surface area contributed by atoms with Crippen LogP contribution in [-0.2, 0) is 0 Å². The Morgan fingerprint density at radius 1 is 1.19 bits per heavy atom. The van der Waals surface area contributed by atoms with Gasteiger partial charge in [-0.05, 0) is 62.7 Å². The van der Waals surface area contributed by atoms with Crippen LogP contribution in [0.2, 0.25) is 0 Å². The molecule has 0 N–H and O–H groups in total. The fourth-order valence-corrected chi connectivity index (χ4v) is 3.29. The fourth-order valence-electron chi connectivity index (χ4n) is 3.29. The minimum Gasteiger partial charge on any atom is -0.488 e. The molecule has 0 amide bonds. The van der Waals surface area contributed by atoms with Crippen LogP contribution >= 0.6 is 0 Å². The van der Waals surface area contributed by atoms with Gasteiger partial charge in [0.25, 0.3) is 0 Å². The van der Waals surface area contributed by atoms with E-state index >= 15 is 0 Å². The van der Waals surface area contributed by atoms with E-state index in [-0.39, 0.29) is 11.9 Å². The highest BCUT2D eigenvalue weighted by Crippen LogP contribution is 2.33. The van der Waals surface area contributed by atoms with Gasteiger partial charge in [-0.15, -0.1) is 0 Å². The maximum atomic E-state index is 12.8. The average Bonchev–Trinajstić information content (AvgIpc) is 2.42. The molecule has 1 aromatic rings. The number of rotatable bonds is 4. The lowest BCUT2D eigenvalue weighted by molar-refractivity contribution is -0.0178. The zero-order chi connectivity index (χ0) is 14.9. The molecule has 0 radical (unpaired) electrons. The SMILES string of the molecule is CN1CCC(C)(CN2CC(Oc3ccc(F)cc3)C2)CC1. The van der Waals surface area contributed by atoms with Crippen LogP contribution in [0.5, 0.6) is 5.75 Å². The van der Waals surface area contributed by atoms with Gasteiger partial charge >= 0.3 is 0 Å². The van der Waals surface area contributed by atoms with Crippen molar-refractivity contribution in [2.24, 2.45) is 5.41 Å². The van der Waals surface area contributed by atoms with Crippen molar-refractivity contribution in [1.82, 2.24) is 9.80 Å². The van der Waals surface area contributed by atoms with Crippen molar-refractivity contribution >= 4 is 0 Å². The average molecular weight is 292 g/mol. The third-order valence-corrected chi connectivity index (χ3v) is 4.84. The highest BCUT2D eigenvalue weighted by atomic mass is 19.1. The van der Waals surface area contributed by atoms with Gasteiger partial charge in [-0.3, -0.25) is 4.90 Å². The summed E-state index contributed by atoms with van der Waals surface area (Å²) in [6.45, 7) is 7.98. The topological polar surface area (TPSA) is 15.7 Å². The second-order valence-corrected chi connectivity index (χ2v) is 7.00. The lowest BCUT2D eigenvalue weighted by Crippen LogP contribution is -2.57. The number of hydrogen-bond donors (Lipinski definition) is 0. The Bertz CT molecular complexity index is 462. The number of benzene rings is 1. The second kappa shape index (κ2) is 5.93.